The summed E-state index contributed by atoms with van der Waals surface area (Å²) in [5.41, 5.74) is 3.44. The number of rotatable bonds is 4. The van der Waals surface area contributed by atoms with E-state index in [2.05, 4.69) is 5.32 Å². The molecule has 0 saturated carbocycles. The Morgan fingerprint density at radius 2 is 1.41 bits per heavy atom. The molecular weight excluding hydrogens is 360 g/mol. The van der Waals surface area contributed by atoms with E-state index in [1.807, 2.05) is 91.0 Å². The van der Waals surface area contributed by atoms with Crippen LogP contribution in [0.3, 0.4) is 0 Å². The topological polar surface area (TPSA) is 61.7 Å². The minimum atomic E-state index is -0.338. The quantitative estimate of drug-likeness (QED) is 0.600. The molecule has 0 unspecified atom stereocenters. The summed E-state index contributed by atoms with van der Waals surface area (Å²) in [6, 6.07) is 28.8. The molecule has 0 radical (unpaired) electrons. The molecule has 0 saturated heterocycles. The molecule has 0 aliphatic heterocycles. The van der Waals surface area contributed by atoms with Gasteiger partial charge in [-0.05, 0) is 42.2 Å². The highest BCUT2D eigenvalue weighted by Crippen LogP contribution is 2.35. The third kappa shape index (κ3) is 4.43. The molecule has 0 spiro atoms. The fraction of sp³-hybridized carbons (Fsp3) is 0.120. The lowest BCUT2D eigenvalue weighted by molar-refractivity contribution is -0.112. The zero-order chi connectivity index (χ0) is 20.1. The summed E-state index contributed by atoms with van der Waals surface area (Å²) in [7, 11) is 0. The van der Waals surface area contributed by atoms with E-state index in [9.17, 15) is 9.90 Å². The molecule has 2 N–H and O–H groups in total. The van der Waals surface area contributed by atoms with Crippen LogP contribution >= 0.6 is 0 Å². The Morgan fingerprint density at radius 1 is 0.828 bits per heavy atom. The molecule has 3 aromatic carbocycles. The molecule has 1 aliphatic carbocycles. The summed E-state index contributed by atoms with van der Waals surface area (Å²) in [5.74, 6) is -0.185. The molecule has 0 heterocycles. The van der Waals surface area contributed by atoms with E-state index in [0.717, 1.165) is 11.3 Å². The first-order valence-corrected chi connectivity index (χ1v) is 9.67. The summed E-state index contributed by atoms with van der Waals surface area (Å²) >= 11 is 0. The van der Waals surface area contributed by atoms with Gasteiger partial charge in [-0.1, -0.05) is 66.7 Å². The minimum absolute atomic E-state index is 0.0759. The number of carbonyl (C=O) groups is 1. The van der Waals surface area contributed by atoms with Crippen molar-refractivity contribution in [3.8, 4) is 0 Å². The van der Waals surface area contributed by atoms with Gasteiger partial charge in [-0.15, -0.1) is 0 Å². The minimum Gasteiger partial charge on any atom is -0.511 e. The Labute approximate surface area is 170 Å². The molecule has 4 rings (SSSR count). The van der Waals surface area contributed by atoms with Gasteiger partial charge in [-0.3, -0.25) is 9.79 Å². The van der Waals surface area contributed by atoms with Crippen LogP contribution in [0, 0.1) is 0 Å². The Balaban J connectivity index is 1.71. The van der Waals surface area contributed by atoms with Crippen molar-refractivity contribution >= 4 is 23.0 Å². The van der Waals surface area contributed by atoms with Crippen LogP contribution in [-0.4, -0.2) is 16.7 Å². The van der Waals surface area contributed by atoms with Crippen molar-refractivity contribution in [3.05, 3.63) is 108 Å². The van der Waals surface area contributed by atoms with Gasteiger partial charge in [0, 0.05) is 12.1 Å². The fourth-order valence-electron chi connectivity index (χ4n) is 3.61. The number of aliphatic imine (C=N–C) groups is 1. The van der Waals surface area contributed by atoms with Gasteiger partial charge in [-0.2, -0.15) is 0 Å². The predicted molar refractivity (Wildman–Crippen MR) is 117 cm³/mol. The van der Waals surface area contributed by atoms with Gasteiger partial charge in [0.15, 0.2) is 0 Å². The highest BCUT2D eigenvalue weighted by Gasteiger charge is 2.31. The third-order valence-electron chi connectivity index (χ3n) is 5.01. The van der Waals surface area contributed by atoms with Gasteiger partial charge >= 0.3 is 0 Å². The maximum absolute atomic E-state index is 13.0. The van der Waals surface area contributed by atoms with Crippen molar-refractivity contribution in [2.75, 3.05) is 5.32 Å². The highest BCUT2D eigenvalue weighted by molar-refractivity contribution is 6.26. The number of aliphatic hydroxyl groups is 1. The number of amides is 1. The number of nitrogens with zero attached hydrogens (tertiary/aromatic N) is 1. The SMILES string of the molecule is O=C(Nc1ccccc1)C1=C(O)C[C@H](c2ccccc2)CC1=Nc1ccccc1. The van der Waals surface area contributed by atoms with Gasteiger partial charge in [0.2, 0.25) is 0 Å². The van der Waals surface area contributed by atoms with E-state index in [-0.39, 0.29) is 23.2 Å². The number of benzene rings is 3. The number of hydrogen-bond acceptors (Lipinski definition) is 3. The molecule has 1 atom stereocenters. The van der Waals surface area contributed by atoms with Gasteiger partial charge < -0.3 is 10.4 Å². The first kappa shape index (κ1) is 18.7. The summed E-state index contributed by atoms with van der Waals surface area (Å²) in [6.07, 6.45) is 0.996. The van der Waals surface area contributed by atoms with Crippen LogP contribution in [0.2, 0.25) is 0 Å². The van der Waals surface area contributed by atoms with Crippen molar-refractivity contribution in [2.24, 2.45) is 4.99 Å². The summed E-state index contributed by atoms with van der Waals surface area (Å²) in [5, 5.41) is 13.7. The van der Waals surface area contributed by atoms with Crippen molar-refractivity contribution in [1.29, 1.82) is 0 Å². The predicted octanol–water partition coefficient (Wildman–Crippen LogP) is 5.79. The molecule has 1 amide bonds. The van der Waals surface area contributed by atoms with E-state index < -0.39 is 0 Å². The Kier molecular flexibility index (Phi) is 5.52. The highest BCUT2D eigenvalue weighted by atomic mass is 16.3. The monoisotopic (exact) mass is 382 g/mol. The van der Waals surface area contributed by atoms with E-state index >= 15 is 0 Å². The van der Waals surface area contributed by atoms with Crippen molar-refractivity contribution in [3.63, 3.8) is 0 Å². The Bertz CT molecular complexity index is 1040. The van der Waals surface area contributed by atoms with Gasteiger partial charge in [0.25, 0.3) is 5.91 Å². The van der Waals surface area contributed by atoms with Crippen LogP contribution in [0.1, 0.15) is 24.3 Å². The third-order valence-corrected chi connectivity index (χ3v) is 5.01. The second-order valence-corrected chi connectivity index (χ2v) is 7.05. The van der Waals surface area contributed by atoms with E-state index in [1.54, 1.807) is 0 Å². The standard InChI is InChI=1S/C25H22N2O2/c28-23-17-19(18-10-4-1-5-11-18)16-22(26-20-12-6-2-7-13-20)24(23)25(29)27-21-14-8-3-9-15-21/h1-15,19,28H,16-17H2,(H,27,29)/t19-/m1/s1. The number of carbonyl (C=O) groups excluding carboxylic acids is 1. The fourth-order valence-corrected chi connectivity index (χ4v) is 3.61. The maximum Gasteiger partial charge on any atom is 0.260 e. The molecule has 1 aliphatic rings. The van der Waals surface area contributed by atoms with E-state index in [0.29, 0.717) is 24.2 Å². The normalized spacial score (nSPS) is 17.9. The summed E-state index contributed by atoms with van der Waals surface area (Å²) in [6.45, 7) is 0. The number of nitrogens with one attached hydrogen (secondary N) is 1. The average Bonchev–Trinajstić information content (AvgIpc) is 2.75. The second kappa shape index (κ2) is 8.57. The molecule has 4 nitrogen and oxygen atoms in total. The van der Waals surface area contributed by atoms with E-state index in [4.69, 9.17) is 4.99 Å². The molecular formula is C25H22N2O2. The lowest BCUT2D eigenvalue weighted by Gasteiger charge is -2.26. The first-order chi connectivity index (χ1) is 14.2. The lowest BCUT2D eigenvalue weighted by Crippen LogP contribution is -2.27. The smallest absolute Gasteiger partial charge is 0.260 e. The lowest BCUT2D eigenvalue weighted by atomic mass is 9.82. The second-order valence-electron chi connectivity index (χ2n) is 7.05. The van der Waals surface area contributed by atoms with Crippen molar-refractivity contribution in [2.45, 2.75) is 18.8 Å². The number of anilines is 1. The number of hydrogen-bond donors (Lipinski definition) is 2. The molecule has 4 heteroatoms. The van der Waals surface area contributed by atoms with E-state index in [1.165, 1.54) is 0 Å². The van der Waals surface area contributed by atoms with Crippen LogP contribution < -0.4 is 5.32 Å². The maximum atomic E-state index is 13.0. The van der Waals surface area contributed by atoms with Gasteiger partial charge in [0.05, 0.1) is 17.0 Å². The number of allylic oxidation sites excluding steroid dienone is 1. The molecule has 0 fully saturated rings. The zero-order valence-corrected chi connectivity index (χ0v) is 16.0. The molecule has 3 aromatic rings. The van der Waals surface area contributed by atoms with Crippen LogP contribution in [0.15, 0.2) is 107 Å². The largest absolute Gasteiger partial charge is 0.511 e. The van der Waals surface area contributed by atoms with Crippen molar-refractivity contribution < 1.29 is 9.90 Å². The zero-order valence-electron chi connectivity index (χ0n) is 16.0. The molecule has 0 bridgehead atoms. The van der Waals surface area contributed by atoms with Crippen LogP contribution in [0.25, 0.3) is 0 Å². The molecule has 144 valence electrons. The van der Waals surface area contributed by atoms with Crippen LogP contribution in [0.5, 0.6) is 0 Å². The van der Waals surface area contributed by atoms with Crippen LogP contribution in [0.4, 0.5) is 11.4 Å². The summed E-state index contributed by atoms with van der Waals surface area (Å²) < 4.78 is 0. The first-order valence-electron chi connectivity index (χ1n) is 9.67. The average molecular weight is 382 g/mol. The number of para-hydroxylation sites is 2. The van der Waals surface area contributed by atoms with Crippen LogP contribution in [-0.2, 0) is 4.79 Å². The van der Waals surface area contributed by atoms with Gasteiger partial charge in [-0.25, -0.2) is 0 Å². The molecule has 29 heavy (non-hydrogen) atoms. The Morgan fingerprint density at radius 3 is 2.07 bits per heavy atom. The van der Waals surface area contributed by atoms with Gasteiger partial charge in [0.1, 0.15) is 5.76 Å². The summed E-state index contributed by atoms with van der Waals surface area (Å²) in [4.78, 5) is 17.7. The Hall–Kier alpha value is -3.66. The molecule has 0 aromatic heterocycles. The van der Waals surface area contributed by atoms with Crippen molar-refractivity contribution in [1.82, 2.24) is 0 Å². The number of aliphatic hydroxyl groups excluding tert-OH is 1.